The fourth-order valence-electron chi connectivity index (χ4n) is 2.64. The van der Waals surface area contributed by atoms with Crippen molar-refractivity contribution in [3.05, 3.63) is 69.9 Å². The summed E-state index contributed by atoms with van der Waals surface area (Å²) in [5.74, 6) is -12.0. The molecule has 0 saturated heterocycles. The predicted molar refractivity (Wildman–Crippen MR) is 82.4 cm³/mol. The Bertz CT molecular complexity index is 1170. The molecule has 0 spiro atoms. The topological polar surface area (TPSA) is 68.0 Å². The number of carbonyl (C=O) groups is 1. The van der Waals surface area contributed by atoms with Crippen LogP contribution >= 0.6 is 0 Å². The maximum absolute atomic E-state index is 14.3. The number of hydrogen-bond acceptors (Lipinski definition) is 4. The van der Waals surface area contributed by atoms with Crippen LogP contribution in [0.25, 0.3) is 5.69 Å². The summed E-state index contributed by atoms with van der Waals surface area (Å²) in [4.78, 5) is 14.7. The van der Waals surface area contributed by atoms with Crippen molar-refractivity contribution in [2.24, 2.45) is 0 Å². The number of alkyl halides is 3. The van der Waals surface area contributed by atoms with Crippen LogP contribution in [0.2, 0.25) is 0 Å². The van der Waals surface area contributed by atoms with E-state index >= 15 is 0 Å². The molecule has 14 heteroatoms. The van der Waals surface area contributed by atoms with Crippen molar-refractivity contribution >= 4 is 5.78 Å². The molecule has 0 atom stereocenters. The van der Waals surface area contributed by atoms with E-state index in [-0.39, 0.29) is 21.8 Å². The zero-order chi connectivity index (χ0) is 22.5. The van der Waals surface area contributed by atoms with E-state index in [1.54, 1.807) is 0 Å². The molecule has 3 rings (SSSR count). The first-order chi connectivity index (χ1) is 13.8. The van der Waals surface area contributed by atoms with E-state index in [4.69, 9.17) is 0 Å². The molecule has 2 heterocycles. The minimum absolute atomic E-state index is 0. The molecule has 2 aromatic heterocycles. The molecule has 1 radical (unpaired) electrons. The third-order valence-corrected chi connectivity index (χ3v) is 3.88. The molecule has 0 amide bonds. The van der Waals surface area contributed by atoms with Crippen molar-refractivity contribution in [2.75, 3.05) is 0 Å². The molecule has 1 N–H and O–H groups in total. The summed E-state index contributed by atoms with van der Waals surface area (Å²) < 4.78 is 107. The van der Waals surface area contributed by atoms with E-state index in [0.29, 0.717) is 18.2 Å². The molecule has 0 aliphatic rings. The number of benzene rings is 1. The number of aromatic hydroxyl groups is 1. The Morgan fingerprint density at radius 3 is 2.06 bits per heavy atom. The molecule has 169 valence electrons. The zero-order valence-corrected chi connectivity index (χ0v) is 15.7. The van der Waals surface area contributed by atoms with Gasteiger partial charge in [-0.1, -0.05) is 0 Å². The second kappa shape index (κ2) is 8.27. The molecule has 1 aromatic carbocycles. The van der Waals surface area contributed by atoms with E-state index < -0.39 is 75.3 Å². The zero-order valence-electron chi connectivity index (χ0n) is 14.8. The number of carbonyl (C=O) groups excluding carboxylic acids is 1. The Morgan fingerprint density at radius 2 is 1.55 bits per heavy atom. The second-order valence-corrected chi connectivity index (χ2v) is 5.91. The molecule has 0 aliphatic carbocycles. The Labute approximate surface area is 177 Å². The first kappa shape index (κ1) is 24.3. The van der Waals surface area contributed by atoms with Crippen LogP contribution in [-0.2, 0) is 23.2 Å². The number of aryl methyl sites for hydroxylation is 1. The summed E-state index contributed by atoms with van der Waals surface area (Å²) in [5.41, 5.74) is -6.16. The van der Waals surface area contributed by atoms with Gasteiger partial charge in [-0.05, 0) is 19.1 Å². The van der Waals surface area contributed by atoms with Crippen molar-refractivity contribution in [1.82, 2.24) is 14.8 Å². The second-order valence-electron chi connectivity index (χ2n) is 5.91. The molecule has 3 aromatic rings. The first-order valence-electron chi connectivity index (χ1n) is 7.74. The van der Waals surface area contributed by atoms with Crippen LogP contribution in [0.4, 0.5) is 35.1 Å². The van der Waals surface area contributed by atoms with Crippen LogP contribution in [0.3, 0.4) is 0 Å². The van der Waals surface area contributed by atoms with Crippen molar-refractivity contribution in [3.63, 3.8) is 0 Å². The number of pyridine rings is 1. The number of hydrogen-bond donors (Lipinski definition) is 1. The normalized spacial score (nSPS) is 11.4. The number of aromatic nitrogens is 3. The monoisotopic (exact) mass is 500 g/mol. The van der Waals surface area contributed by atoms with Gasteiger partial charge in [-0.2, -0.15) is 31.7 Å². The summed E-state index contributed by atoms with van der Waals surface area (Å²) in [6.07, 6.45) is -5.52. The van der Waals surface area contributed by atoms with Crippen LogP contribution in [-0.4, -0.2) is 25.7 Å². The number of ketones is 1. The third kappa shape index (κ3) is 4.26. The number of nitrogens with zero attached hydrogens (tertiary/aromatic N) is 3. The van der Waals surface area contributed by atoms with Crippen LogP contribution in [0.5, 0.6) is 5.88 Å². The van der Waals surface area contributed by atoms with Gasteiger partial charge < -0.3 is 5.11 Å². The van der Waals surface area contributed by atoms with Gasteiger partial charge in [0, 0.05) is 28.7 Å². The molecule has 0 aliphatic heterocycles. The summed E-state index contributed by atoms with van der Waals surface area (Å²) in [7, 11) is 0. The maximum Gasteiger partial charge on any atom is 0.436 e. The molecule has 0 unspecified atom stereocenters. The third-order valence-electron chi connectivity index (χ3n) is 3.88. The van der Waals surface area contributed by atoms with Gasteiger partial charge in [0.1, 0.15) is 22.9 Å². The van der Waals surface area contributed by atoms with Crippen LogP contribution in [0.1, 0.15) is 27.3 Å². The van der Waals surface area contributed by atoms with Gasteiger partial charge in [0.05, 0.1) is 5.69 Å². The van der Waals surface area contributed by atoms with Gasteiger partial charge in [0.15, 0.2) is 11.5 Å². The standard InChI is InChI=1S/C17H7F8N3O2.Cu/c1-5-9(13(29)6-2-7(18)4-8(19)3-6)16(30)28(27-5)12-10(20)14(17(23,24)25)26-15(22)11(12)21;/h2-4,30H,1H3;. The molecular formula is C17H7CuF8N3O2. The van der Waals surface area contributed by atoms with Crippen LogP contribution in [0, 0.1) is 36.1 Å². The Morgan fingerprint density at radius 1 is 1.00 bits per heavy atom. The Hall–Kier alpha value is -2.99. The molecule has 31 heavy (non-hydrogen) atoms. The minimum atomic E-state index is -5.52. The molecular weight excluding hydrogens is 494 g/mol. The van der Waals surface area contributed by atoms with E-state index in [1.807, 2.05) is 0 Å². The van der Waals surface area contributed by atoms with Crippen LogP contribution < -0.4 is 0 Å². The summed E-state index contributed by atoms with van der Waals surface area (Å²) in [5, 5.41) is 13.6. The predicted octanol–water partition coefficient (Wildman–Crippen LogP) is 4.22. The first-order valence-corrected chi connectivity index (χ1v) is 7.74. The summed E-state index contributed by atoms with van der Waals surface area (Å²) in [6, 6.07) is 1.60. The quantitative estimate of drug-likeness (QED) is 0.253. The van der Waals surface area contributed by atoms with Gasteiger partial charge in [0.2, 0.25) is 17.5 Å². The molecule has 5 nitrogen and oxygen atoms in total. The summed E-state index contributed by atoms with van der Waals surface area (Å²) in [6.45, 7) is 1.01. The fourth-order valence-corrected chi connectivity index (χ4v) is 2.64. The molecule has 0 saturated carbocycles. The minimum Gasteiger partial charge on any atom is -0.493 e. The van der Waals surface area contributed by atoms with Gasteiger partial charge in [-0.25, -0.2) is 18.2 Å². The number of rotatable bonds is 3. The molecule has 0 bridgehead atoms. The van der Waals surface area contributed by atoms with E-state index in [2.05, 4.69) is 10.1 Å². The average Bonchev–Trinajstić information content (AvgIpc) is 2.90. The van der Waals surface area contributed by atoms with E-state index in [1.165, 1.54) is 0 Å². The SMILES string of the molecule is Cc1nn(-c2c(F)c(F)nc(C(F)(F)F)c2F)c(O)c1C(=O)c1cc(F)cc(F)c1.[Cu]. The van der Waals surface area contributed by atoms with E-state index in [9.17, 15) is 45.0 Å². The van der Waals surface area contributed by atoms with Gasteiger partial charge >= 0.3 is 6.18 Å². The van der Waals surface area contributed by atoms with Gasteiger partial charge in [0.25, 0.3) is 5.95 Å². The molecule has 0 fully saturated rings. The van der Waals surface area contributed by atoms with Crippen LogP contribution in [0.15, 0.2) is 18.2 Å². The van der Waals surface area contributed by atoms with Crippen molar-refractivity contribution < 1.29 is 62.1 Å². The van der Waals surface area contributed by atoms with Crippen molar-refractivity contribution in [3.8, 4) is 11.6 Å². The number of halogens is 8. The largest absolute Gasteiger partial charge is 0.493 e. The fraction of sp³-hybridized carbons (Fsp3) is 0.118. The van der Waals surface area contributed by atoms with Crippen molar-refractivity contribution in [2.45, 2.75) is 13.1 Å². The van der Waals surface area contributed by atoms with Gasteiger partial charge in [-0.3, -0.25) is 4.79 Å². The Kier molecular flexibility index (Phi) is 6.48. The smallest absolute Gasteiger partial charge is 0.436 e. The summed E-state index contributed by atoms with van der Waals surface area (Å²) >= 11 is 0. The maximum atomic E-state index is 14.3. The van der Waals surface area contributed by atoms with Gasteiger partial charge in [-0.15, -0.1) is 0 Å². The van der Waals surface area contributed by atoms with Crippen molar-refractivity contribution in [1.29, 1.82) is 0 Å². The average molecular weight is 501 g/mol. The van der Waals surface area contributed by atoms with E-state index in [0.717, 1.165) is 6.92 Å². The Balaban J connectivity index is 0.00000341.